The Morgan fingerprint density at radius 1 is 1.12 bits per heavy atom. The second-order valence-corrected chi connectivity index (χ2v) is 6.60. The minimum absolute atomic E-state index is 0. The van der Waals surface area contributed by atoms with Crippen LogP contribution >= 0.6 is 37.2 Å². The first-order chi connectivity index (χ1) is 11.3. The highest BCUT2D eigenvalue weighted by atomic mass is 35.5. The van der Waals surface area contributed by atoms with E-state index in [4.69, 9.17) is 0 Å². The molecule has 2 aliphatic rings. The van der Waals surface area contributed by atoms with Crippen LogP contribution in [-0.4, -0.2) is 70.9 Å². The molecule has 0 aliphatic carbocycles. The molecule has 26 heavy (non-hydrogen) atoms. The molecule has 3 rings (SSSR count). The van der Waals surface area contributed by atoms with Crippen molar-refractivity contribution >= 4 is 43.1 Å². The lowest BCUT2D eigenvalue weighted by atomic mass is 10.0. The highest BCUT2D eigenvalue weighted by molar-refractivity contribution is 5.86. The van der Waals surface area contributed by atoms with Gasteiger partial charge in [-0.2, -0.15) is 0 Å². The van der Waals surface area contributed by atoms with Crippen LogP contribution in [0.4, 0.5) is 0 Å². The van der Waals surface area contributed by atoms with Crippen molar-refractivity contribution in [2.45, 2.75) is 38.8 Å². The number of amides is 1. The standard InChI is InChI=1S/C18H28N4O.3ClH/c1-2-21-9-4-3-7-17(21)18(23)22-12-10-20(11-13-22)15-16-6-5-8-19-14-16;;;/h5-6,8,14,17H,2-4,7,9-13,15H2,1H3;3*1H/t17-;;;/m0.../s1. The normalized spacial score (nSPS) is 21.1. The summed E-state index contributed by atoms with van der Waals surface area (Å²) in [5.74, 6) is 0.354. The molecule has 0 saturated carbocycles. The third kappa shape index (κ3) is 6.54. The molecule has 5 nitrogen and oxygen atoms in total. The summed E-state index contributed by atoms with van der Waals surface area (Å²) >= 11 is 0. The molecule has 0 radical (unpaired) electrons. The second kappa shape index (κ2) is 12.7. The lowest BCUT2D eigenvalue weighted by Gasteiger charge is -2.40. The summed E-state index contributed by atoms with van der Waals surface area (Å²) in [6.45, 7) is 8.78. The molecule has 2 saturated heterocycles. The highest BCUT2D eigenvalue weighted by Gasteiger charge is 2.32. The maximum absolute atomic E-state index is 12.8. The highest BCUT2D eigenvalue weighted by Crippen LogP contribution is 2.19. The minimum Gasteiger partial charge on any atom is -0.339 e. The number of likely N-dealkylation sites (N-methyl/N-ethyl adjacent to an activating group) is 1. The number of piperidine rings is 1. The Kier molecular flexibility index (Phi) is 12.4. The van der Waals surface area contributed by atoms with Crippen molar-refractivity contribution in [3.63, 3.8) is 0 Å². The molecule has 0 unspecified atom stereocenters. The van der Waals surface area contributed by atoms with E-state index in [-0.39, 0.29) is 43.3 Å². The summed E-state index contributed by atoms with van der Waals surface area (Å²) in [4.78, 5) is 23.9. The Morgan fingerprint density at radius 2 is 1.85 bits per heavy atom. The van der Waals surface area contributed by atoms with Crippen LogP contribution < -0.4 is 0 Å². The quantitative estimate of drug-likeness (QED) is 0.743. The fourth-order valence-corrected chi connectivity index (χ4v) is 3.74. The van der Waals surface area contributed by atoms with E-state index in [1.807, 2.05) is 18.5 Å². The topological polar surface area (TPSA) is 39.7 Å². The number of rotatable bonds is 4. The zero-order chi connectivity index (χ0) is 16.1. The van der Waals surface area contributed by atoms with E-state index in [2.05, 4.69) is 32.7 Å². The molecule has 2 aliphatic heterocycles. The van der Waals surface area contributed by atoms with Gasteiger partial charge in [-0.3, -0.25) is 19.6 Å². The Balaban J connectivity index is 0.00000208. The van der Waals surface area contributed by atoms with Crippen LogP contribution in [0.5, 0.6) is 0 Å². The molecular formula is C18H31Cl3N4O. The summed E-state index contributed by atoms with van der Waals surface area (Å²) in [6.07, 6.45) is 7.19. The summed E-state index contributed by atoms with van der Waals surface area (Å²) in [5, 5.41) is 0. The molecule has 2 fully saturated rings. The van der Waals surface area contributed by atoms with E-state index in [9.17, 15) is 4.79 Å². The molecule has 0 N–H and O–H groups in total. The van der Waals surface area contributed by atoms with Crippen molar-refractivity contribution in [2.24, 2.45) is 0 Å². The SMILES string of the molecule is CCN1CCCC[C@H]1C(=O)N1CCN(Cc2cccnc2)CC1.Cl.Cl.Cl. The average molecular weight is 426 g/mol. The van der Waals surface area contributed by atoms with Gasteiger partial charge in [0, 0.05) is 45.1 Å². The zero-order valence-corrected chi connectivity index (χ0v) is 17.8. The van der Waals surface area contributed by atoms with E-state index in [0.717, 1.165) is 52.2 Å². The Hall–Kier alpha value is -0.590. The summed E-state index contributed by atoms with van der Waals surface area (Å²) in [5.41, 5.74) is 1.25. The number of likely N-dealkylation sites (tertiary alicyclic amines) is 1. The molecule has 1 atom stereocenters. The molecule has 0 spiro atoms. The van der Waals surface area contributed by atoms with Crippen molar-refractivity contribution in [3.8, 4) is 0 Å². The number of hydrogen-bond acceptors (Lipinski definition) is 4. The molecule has 1 aromatic heterocycles. The summed E-state index contributed by atoms with van der Waals surface area (Å²) in [6, 6.07) is 4.22. The van der Waals surface area contributed by atoms with E-state index < -0.39 is 0 Å². The van der Waals surface area contributed by atoms with Gasteiger partial charge in [-0.15, -0.1) is 37.2 Å². The monoisotopic (exact) mass is 424 g/mol. The van der Waals surface area contributed by atoms with Gasteiger partial charge in [-0.1, -0.05) is 19.4 Å². The fourth-order valence-electron chi connectivity index (χ4n) is 3.74. The summed E-state index contributed by atoms with van der Waals surface area (Å²) < 4.78 is 0. The molecule has 8 heteroatoms. The van der Waals surface area contributed by atoms with E-state index in [0.29, 0.717) is 5.91 Å². The van der Waals surface area contributed by atoms with Crippen molar-refractivity contribution < 1.29 is 4.79 Å². The minimum atomic E-state index is 0. The zero-order valence-electron chi connectivity index (χ0n) is 15.4. The number of carbonyl (C=O) groups excluding carboxylic acids is 1. The lowest BCUT2D eigenvalue weighted by molar-refractivity contribution is -0.140. The predicted molar refractivity (Wildman–Crippen MR) is 113 cm³/mol. The predicted octanol–water partition coefficient (Wildman–Crippen LogP) is 2.87. The van der Waals surface area contributed by atoms with Crippen LogP contribution in [0.1, 0.15) is 31.7 Å². The van der Waals surface area contributed by atoms with Crippen LogP contribution in [0.2, 0.25) is 0 Å². The van der Waals surface area contributed by atoms with Gasteiger partial charge < -0.3 is 4.90 Å². The summed E-state index contributed by atoms with van der Waals surface area (Å²) in [7, 11) is 0. The van der Waals surface area contributed by atoms with Crippen LogP contribution in [0.15, 0.2) is 24.5 Å². The first-order valence-corrected chi connectivity index (χ1v) is 8.92. The van der Waals surface area contributed by atoms with E-state index in [1.54, 1.807) is 0 Å². The average Bonchev–Trinajstić information content (AvgIpc) is 2.62. The van der Waals surface area contributed by atoms with Gasteiger partial charge in [0.25, 0.3) is 0 Å². The van der Waals surface area contributed by atoms with E-state index in [1.165, 1.54) is 18.4 Å². The van der Waals surface area contributed by atoms with Crippen LogP contribution in [0.25, 0.3) is 0 Å². The molecule has 1 aromatic rings. The van der Waals surface area contributed by atoms with Gasteiger partial charge in [-0.05, 0) is 37.6 Å². The first-order valence-electron chi connectivity index (χ1n) is 8.92. The van der Waals surface area contributed by atoms with Gasteiger partial charge in [0.15, 0.2) is 0 Å². The van der Waals surface area contributed by atoms with Gasteiger partial charge in [0.1, 0.15) is 0 Å². The number of hydrogen-bond donors (Lipinski definition) is 0. The Labute approximate surface area is 175 Å². The lowest BCUT2D eigenvalue weighted by Crippen LogP contribution is -2.55. The molecule has 0 bridgehead atoms. The second-order valence-electron chi connectivity index (χ2n) is 6.60. The third-order valence-electron chi connectivity index (χ3n) is 5.12. The molecular weight excluding hydrogens is 395 g/mol. The van der Waals surface area contributed by atoms with Gasteiger partial charge >= 0.3 is 0 Å². The largest absolute Gasteiger partial charge is 0.339 e. The number of aromatic nitrogens is 1. The van der Waals surface area contributed by atoms with Crippen molar-refractivity contribution in [3.05, 3.63) is 30.1 Å². The van der Waals surface area contributed by atoms with Gasteiger partial charge in [-0.25, -0.2) is 0 Å². The maximum atomic E-state index is 12.8. The number of nitrogens with zero attached hydrogens (tertiary/aromatic N) is 4. The van der Waals surface area contributed by atoms with Crippen LogP contribution in [0.3, 0.4) is 0 Å². The fraction of sp³-hybridized carbons (Fsp3) is 0.667. The first kappa shape index (κ1) is 25.4. The number of carbonyl (C=O) groups is 1. The third-order valence-corrected chi connectivity index (χ3v) is 5.12. The van der Waals surface area contributed by atoms with Crippen LogP contribution in [0, 0.1) is 0 Å². The van der Waals surface area contributed by atoms with E-state index >= 15 is 0 Å². The van der Waals surface area contributed by atoms with Gasteiger partial charge in [0.2, 0.25) is 5.91 Å². The number of pyridine rings is 1. The maximum Gasteiger partial charge on any atom is 0.240 e. The van der Waals surface area contributed by atoms with Crippen molar-refractivity contribution in [1.82, 2.24) is 19.7 Å². The van der Waals surface area contributed by atoms with Crippen molar-refractivity contribution in [1.29, 1.82) is 0 Å². The van der Waals surface area contributed by atoms with Gasteiger partial charge in [0.05, 0.1) is 6.04 Å². The smallest absolute Gasteiger partial charge is 0.240 e. The molecule has 1 amide bonds. The molecule has 3 heterocycles. The van der Waals surface area contributed by atoms with Crippen LogP contribution in [-0.2, 0) is 11.3 Å². The molecule has 0 aromatic carbocycles. The Bertz CT molecular complexity index is 512. The number of halogens is 3. The molecule has 150 valence electrons. The Morgan fingerprint density at radius 3 is 2.46 bits per heavy atom. The number of piperazine rings is 1. The van der Waals surface area contributed by atoms with Crippen molar-refractivity contribution in [2.75, 3.05) is 39.3 Å².